The van der Waals surface area contributed by atoms with E-state index in [0.717, 1.165) is 0 Å². The Balaban J connectivity index is 0. The monoisotopic (exact) mass is 244 g/mol. The van der Waals surface area contributed by atoms with E-state index >= 15 is 0 Å². The van der Waals surface area contributed by atoms with Crippen LogP contribution in [0.4, 0.5) is 30.7 Å². The van der Waals surface area contributed by atoms with Gasteiger partial charge in [-0.1, -0.05) is 11.6 Å². The number of rotatable bonds is 0. The van der Waals surface area contributed by atoms with Crippen molar-refractivity contribution in [2.45, 2.75) is 12.4 Å². The molecule has 0 N–H and O–H groups in total. The zero-order valence-electron chi connectivity index (χ0n) is 6.33. The number of allylic oxidation sites excluding steroid dienone is 2. The third-order valence-electron chi connectivity index (χ3n) is 0.504. The van der Waals surface area contributed by atoms with E-state index in [4.69, 9.17) is 0 Å². The molecule has 0 aliphatic heterocycles. The minimum atomic E-state index is -4.51. The maximum Gasteiger partial charge on any atom is 0.411 e. The fourth-order valence-electron chi connectivity index (χ4n) is 0.143. The molecule has 0 bridgehead atoms. The minimum Gasteiger partial charge on any atom is -0.216 e. The third kappa shape index (κ3) is 22.5. The number of halogens is 8. The summed E-state index contributed by atoms with van der Waals surface area (Å²) in [5, 5.41) is 0. The second-order valence-corrected chi connectivity index (χ2v) is 1.92. The van der Waals surface area contributed by atoms with Gasteiger partial charge >= 0.3 is 12.4 Å². The second kappa shape index (κ2) is 6.69. The lowest BCUT2D eigenvalue weighted by Crippen LogP contribution is -1.99. The first kappa shape index (κ1) is 15.7. The molecule has 0 aliphatic rings. The van der Waals surface area contributed by atoms with Crippen LogP contribution in [-0.2, 0) is 0 Å². The van der Waals surface area contributed by atoms with Crippen molar-refractivity contribution in [1.29, 1.82) is 0 Å². The topological polar surface area (TPSA) is 0 Å². The van der Waals surface area contributed by atoms with E-state index in [2.05, 4.69) is 11.6 Å². The van der Waals surface area contributed by atoms with E-state index in [1.165, 1.54) is 0 Å². The van der Waals surface area contributed by atoms with E-state index in [1.807, 2.05) is 0 Å². The normalized spacial score (nSPS) is 13.1. The van der Waals surface area contributed by atoms with Gasteiger partial charge in [0.15, 0.2) is 0 Å². The first-order valence-corrected chi connectivity index (χ1v) is 3.25. The molecule has 14 heavy (non-hydrogen) atoms. The van der Waals surface area contributed by atoms with Crippen LogP contribution in [0.5, 0.6) is 0 Å². The molecule has 0 rings (SSSR count). The molecular formula is C6H4ClF7. The number of hydrogen-bond donors (Lipinski definition) is 0. The van der Waals surface area contributed by atoms with Crippen LogP contribution in [-0.4, -0.2) is 12.4 Å². The summed E-state index contributed by atoms with van der Waals surface area (Å²) in [6.45, 7) is 0. The molecule has 0 aromatic rings. The van der Waals surface area contributed by atoms with Gasteiger partial charge in [-0.15, -0.1) is 0 Å². The maximum absolute atomic E-state index is 10.9. The molecule has 0 nitrogen and oxygen atoms in total. The van der Waals surface area contributed by atoms with Crippen LogP contribution in [0.2, 0.25) is 0 Å². The molecule has 8 heteroatoms. The van der Waals surface area contributed by atoms with E-state index in [0.29, 0.717) is 5.54 Å². The summed E-state index contributed by atoms with van der Waals surface area (Å²) in [4.78, 5) is 0. The van der Waals surface area contributed by atoms with Gasteiger partial charge in [0.05, 0.1) is 6.33 Å². The van der Waals surface area contributed by atoms with Crippen molar-refractivity contribution in [2.75, 3.05) is 0 Å². The highest BCUT2D eigenvalue weighted by Gasteiger charge is 2.21. The number of hydrogen-bond acceptors (Lipinski definition) is 0. The zero-order chi connectivity index (χ0) is 11.8. The highest BCUT2D eigenvalue weighted by atomic mass is 35.5. The Morgan fingerprint density at radius 3 is 1.14 bits per heavy atom. The Kier molecular flexibility index (Phi) is 7.52. The van der Waals surface area contributed by atoms with E-state index < -0.39 is 24.8 Å². The fourth-order valence-corrected chi connectivity index (χ4v) is 0.286. The number of alkyl halides is 6. The Hall–Kier alpha value is -0.720. The molecule has 0 radical (unpaired) electrons. The molecule has 0 spiro atoms. The standard InChI is InChI=1S/C3H2ClF3.C3H2F4/c2*4-2-1-3(5,6)7/h2*1-2H. The Morgan fingerprint density at radius 2 is 1.14 bits per heavy atom. The Bertz CT molecular complexity index is 165. The Labute approximate surface area is 79.7 Å². The van der Waals surface area contributed by atoms with Crippen LogP contribution in [0, 0.1) is 0 Å². The molecular weight excluding hydrogens is 241 g/mol. The largest absolute Gasteiger partial charge is 0.411 e. The molecule has 84 valence electrons. The minimum absolute atomic E-state index is 0.0471. The van der Waals surface area contributed by atoms with Gasteiger partial charge in [-0.2, -0.15) is 26.3 Å². The molecule has 0 aromatic heterocycles. The molecule has 0 saturated carbocycles. The fraction of sp³-hybridized carbons (Fsp3) is 0.333. The highest BCUT2D eigenvalue weighted by molar-refractivity contribution is 6.25. The van der Waals surface area contributed by atoms with Crippen LogP contribution in [0.3, 0.4) is 0 Å². The summed E-state index contributed by atoms with van der Waals surface area (Å²) in [7, 11) is 0. The van der Waals surface area contributed by atoms with Crippen LogP contribution >= 0.6 is 11.6 Å². The maximum atomic E-state index is 10.9. The highest BCUT2D eigenvalue weighted by Crippen LogP contribution is 2.16. The van der Waals surface area contributed by atoms with E-state index in [9.17, 15) is 30.7 Å². The lowest BCUT2D eigenvalue weighted by atomic mass is 10.6. The van der Waals surface area contributed by atoms with Gasteiger partial charge in [0.25, 0.3) is 0 Å². The molecule has 0 saturated heterocycles. The van der Waals surface area contributed by atoms with Gasteiger partial charge in [-0.3, -0.25) is 0 Å². The predicted octanol–water partition coefficient (Wildman–Crippen LogP) is 4.33. The van der Waals surface area contributed by atoms with Crippen LogP contribution in [0.25, 0.3) is 0 Å². The van der Waals surface area contributed by atoms with Crippen molar-refractivity contribution >= 4 is 11.6 Å². The van der Waals surface area contributed by atoms with Gasteiger partial charge < -0.3 is 0 Å². The molecule has 0 aliphatic carbocycles. The first-order valence-electron chi connectivity index (χ1n) is 2.81. The third-order valence-corrected chi connectivity index (χ3v) is 0.630. The molecule has 0 amide bonds. The SMILES string of the molecule is FC(F)(F)C=CCl.FC=CC(F)(F)F. The summed E-state index contributed by atoms with van der Waals surface area (Å²) in [5.74, 6) is 0. The first-order chi connectivity index (χ1) is 6.12. The summed E-state index contributed by atoms with van der Waals surface area (Å²) in [6, 6.07) is 0. The zero-order valence-corrected chi connectivity index (χ0v) is 7.09. The van der Waals surface area contributed by atoms with Crippen molar-refractivity contribution in [1.82, 2.24) is 0 Å². The molecule has 0 unspecified atom stereocenters. The lowest BCUT2D eigenvalue weighted by Gasteiger charge is -1.92. The van der Waals surface area contributed by atoms with E-state index in [-0.39, 0.29) is 6.08 Å². The van der Waals surface area contributed by atoms with Gasteiger partial charge in [0, 0.05) is 17.7 Å². The average Bonchev–Trinajstić information content (AvgIpc) is 1.81. The van der Waals surface area contributed by atoms with Crippen LogP contribution in [0.15, 0.2) is 24.0 Å². The quantitative estimate of drug-likeness (QED) is 0.556. The van der Waals surface area contributed by atoms with Crippen LogP contribution < -0.4 is 0 Å². The van der Waals surface area contributed by atoms with Gasteiger partial charge in [-0.25, -0.2) is 4.39 Å². The molecule has 0 aromatic carbocycles. The lowest BCUT2D eigenvalue weighted by molar-refractivity contribution is -0.0812. The summed E-state index contributed by atoms with van der Waals surface area (Å²) >= 11 is 4.59. The summed E-state index contributed by atoms with van der Waals surface area (Å²) in [5.41, 5.74) is 0.431. The van der Waals surface area contributed by atoms with E-state index in [1.54, 1.807) is 0 Å². The molecule has 0 fully saturated rings. The van der Waals surface area contributed by atoms with Crippen molar-refractivity contribution in [3.8, 4) is 0 Å². The average molecular weight is 245 g/mol. The van der Waals surface area contributed by atoms with Crippen molar-refractivity contribution in [3.05, 3.63) is 24.0 Å². The van der Waals surface area contributed by atoms with Gasteiger partial charge in [0.1, 0.15) is 0 Å². The second-order valence-electron chi connectivity index (χ2n) is 1.67. The van der Waals surface area contributed by atoms with Crippen molar-refractivity contribution in [2.24, 2.45) is 0 Å². The molecule has 0 heterocycles. The van der Waals surface area contributed by atoms with Gasteiger partial charge in [0.2, 0.25) is 0 Å². The summed E-state index contributed by atoms with van der Waals surface area (Å²) in [6.07, 6.45) is -9.84. The van der Waals surface area contributed by atoms with Crippen molar-refractivity contribution in [3.63, 3.8) is 0 Å². The smallest absolute Gasteiger partial charge is 0.216 e. The Morgan fingerprint density at radius 1 is 0.786 bits per heavy atom. The molecule has 0 atom stereocenters. The van der Waals surface area contributed by atoms with Gasteiger partial charge in [-0.05, 0) is 0 Å². The summed E-state index contributed by atoms with van der Waals surface area (Å²) < 4.78 is 75.4. The van der Waals surface area contributed by atoms with Crippen LogP contribution in [0.1, 0.15) is 0 Å². The van der Waals surface area contributed by atoms with Crippen molar-refractivity contribution < 1.29 is 30.7 Å². The predicted molar refractivity (Wildman–Crippen MR) is 37.4 cm³/mol.